The quantitative estimate of drug-likeness (QED) is 0.348. The average Bonchev–Trinajstić information content (AvgIpc) is 3.11. The number of hydrazone groups is 1. The fourth-order valence-corrected chi connectivity index (χ4v) is 3.93. The molecule has 1 aliphatic carbocycles. The van der Waals surface area contributed by atoms with E-state index in [0.29, 0.717) is 5.92 Å². The van der Waals surface area contributed by atoms with Gasteiger partial charge < -0.3 is 4.57 Å². The van der Waals surface area contributed by atoms with E-state index in [9.17, 15) is 20.2 Å². The molecule has 4 rings (SSSR count). The van der Waals surface area contributed by atoms with Crippen molar-refractivity contribution in [3.05, 3.63) is 91.8 Å². The van der Waals surface area contributed by atoms with Crippen molar-refractivity contribution >= 4 is 23.3 Å². The Morgan fingerprint density at radius 3 is 2.61 bits per heavy atom. The second kappa shape index (κ2) is 8.39. The van der Waals surface area contributed by atoms with Crippen LogP contribution in [0.2, 0.25) is 0 Å². The molecule has 0 amide bonds. The Labute approximate surface area is 178 Å². The van der Waals surface area contributed by atoms with Crippen molar-refractivity contribution in [2.45, 2.75) is 26.2 Å². The Balaban J connectivity index is 1.68. The molecule has 9 heteroatoms. The molecule has 1 unspecified atom stereocenters. The number of anilines is 1. The number of non-ortho nitro benzene ring substituents is 1. The molecule has 1 aliphatic rings. The molecule has 1 heterocycles. The molecule has 2 aromatic carbocycles. The molecule has 1 atom stereocenters. The van der Waals surface area contributed by atoms with Crippen LogP contribution in [0.15, 0.2) is 59.8 Å². The van der Waals surface area contributed by atoms with Gasteiger partial charge in [0.2, 0.25) is 0 Å². The van der Waals surface area contributed by atoms with Gasteiger partial charge in [-0.1, -0.05) is 25.1 Å². The molecule has 3 aromatic rings. The number of nitro benzene ring substituents is 2. The van der Waals surface area contributed by atoms with E-state index in [0.717, 1.165) is 36.7 Å². The van der Waals surface area contributed by atoms with E-state index in [-0.39, 0.29) is 11.4 Å². The van der Waals surface area contributed by atoms with E-state index in [4.69, 9.17) is 0 Å². The summed E-state index contributed by atoms with van der Waals surface area (Å²) >= 11 is 0. The summed E-state index contributed by atoms with van der Waals surface area (Å²) in [5.41, 5.74) is 6.47. The van der Waals surface area contributed by atoms with Crippen LogP contribution in [-0.4, -0.2) is 20.6 Å². The van der Waals surface area contributed by atoms with Crippen LogP contribution in [0.3, 0.4) is 0 Å². The minimum absolute atomic E-state index is 0.0900. The Morgan fingerprint density at radius 1 is 1.13 bits per heavy atom. The number of nitro groups is 2. The summed E-state index contributed by atoms with van der Waals surface area (Å²) in [6, 6.07) is 13.3. The number of aromatic nitrogens is 1. The fourth-order valence-electron chi connectivity index (χ4n) is 3.93. The van der Waals surface area contributed by atoms with Gasteiger partial charge in [-0.3, -0.25) is 25.7 Å². The highest BCUT2D eigenvalue weighted by Gasteiger charge is 2.22. The number of para-hydroxylation sites is 1. The monoisotopic (exact) mass is 419 g/mol. The van der Waals surface area contributed by atoms with Gasteiger partial charge in [0, 0.05) is 18.0 Å². The molecule has 0 spiro atoms. The van der Waals surface area contributed by atoms with Crippen LogP contribution < -0.4 is 5.43 Å². The van der Waals surface area contributed by atoms with Crippen LogP contribution in [0, 0.1) is 26.1 Å². The van der Waals surface area contributed by atoms with Crippen LogP contribution in [0.25, 0.3) is 5.69 Å². The number of nitrogens with one attached hydrogen (secondary N) is 1. The second-order valence-electron chi connectivity index (χ2n) is 7.66. The summed E-state index contributed by atoms with van der Waals surface area (Å²) in [5, 5.41) is 26.5. The van der Waals surface area contributed by atoms with Gasteiger partial charge >= 0.3 is 5.69 Å². The lowest BCUT2D eigenvalue weighted by molar-refractivity contribution is -0.393. The van der Waals surface area contributed by atoms with Gasteiger partial charge in [0.05, 0.1) is 27.8 Å². The van der Waals surface area contributed by atoms with Crippen molar-refractivity contribution in [1.29, 1.82) is 0 Å². The van der Waals surface area contributed by atoms with Gasteiger partial charge in [0.15, 0.2) is 0 Å². The minimum atomic E-state index is -0.667. The van der Waals surface area contributed by atoms with Gasteiger partial charge in [0.25, 0.3) is 5.69 Å². The van der Waals surface area contributed by atoms with Crippen molar-refractivity contribution < 1.29 is 9.85 Å². The molecule has 0 bridgehead atoms. The number of rotatable bonds is 6. The van der Waals surface area contributed by atoms with Crippen molar-refractivity contribution in [2.75, 3.05) is 5.43 Å². The average molecular weight is 419 g/mol. The first-order valence-corrected chi connectivity index (χ1v) is 9.94. The Bertz CT molecular complexity index is 1170. The SMILES string of the molecule is CC1CCc2c(cn(-c3ccccc3)c2/C=N/Nc2ccc([N+](=O)[O-])cc2[N+](=O)[O-])C1. The van der Waals surface area contributed by atoms with Gasteiger partial charge in [0.1, 0.15) is 5.69 Å². The highest BCUT2D eigenvalue weighted by atomic mass is 16.6. The lowest BCUT2D eigenvalue weighted by Crippen LogP contribution is -2.10. The predicted octanol–water partition coefficient (Wildman–Crippen LogP) is 4.86. The van der Waals surface area contributed by atoms with Gasteiger partial charge in [-0.2, -0.15) is 5.10 Å². The number of nitrogens with zero attached hydrogens (tertiary/aromatic N) is 4. The molecule has 9 nitrogen and oxygen atoms in total. The topological polar surface area (TPSA) is 116 Å². The van der Waals surface area contributed by atoms with E-state index < -0.39 is 15.5 Å². The van der Waals surface area contributed by atoms with Gasteiger partial charge in [-0.05, 0) is 54.5 Å². The first-order chi connectivity index (χ1) is 14.9. The van der Waals surface area contributed by atoms with Gasteiger partial charge in [-0.25, -0.2) is 0 Å². The van der Waals surface area contributed by atoms with Crippen LogP contribution in [0.1, 0.15) is 30.2 Å². The highest BCUT2D eigenvalue weighted by Crippen LogP contribution is 2.31. The largest absolute Gasteiger partial charge is 0.315 e. The van der Waals surface area contributed by atoms with Crippen LogP contribution in [0.5, 0.6) is 0 Å². The standard InChI is InChI=1S/C22H21N5O4/c1-15-7-9-19-16(11-15)14-25(17-5-3-2-4-6-17)22(19)13-23-24-20-10-8-18(26(28)29)12-21(20)27(30)31/h2-6,8,10,12-15,24H,7,9,11H2,1H3/b23-13+. The third kappa shape index (κ3) is 4.16. The minimum Gasteiger partial charge on any atom is -0.315 e. The molecule has 0 fully saturated rings. The first kappa shape index (κ1) is 20.3. The molecule has 0 radical (unpaired) electrons. The Kier molecular flexibility index (Phi) is 5.48. The highest BCUT2D eigenvalue weighted by molar-refractivity contribution is 5.83. The van der Waals surface area contributed by atoms with Crippen LogP contribution >= 0.6 is 0 Å². The molecule has 31 heavy (non-hydrogen) atoms. The third-order valence-electron chi connectivity index (χ3n) is 5.49. The summed E-state index contributed by atoms with van der Waals surface area (Å²) in [7, 11) is 0. The molecule has 1 aromatic heterocycles. The van der Waals surface area contributed by atoms with E-state index in [1.165, 1.54) is 23.3 Å². The molecule has 0 saturated heterocycles. The molecular weight excluding hydrogens is 398 g/mol. The molecular formula is C22H21N5O4. The number of hydrogen-bond donors (Lipinski definition) is 1. The maximum atomic E-state index is 11.3. The van der Waals surface area contributed by atoms with Crippen LogP contribution in [0.4, 0.5) is 17.1 Å². The normalized spacial score (nSPS) is 15.6. The number of fused-ring (bicyclic) bond motifs is 1. The molecule has 0 aliphatic heterocycles. The summed E-state index contributed by atoms with van der Waals surface area (Å²) in [5.74, 6) is 0.616. The summed E-state index contributed by atoms with van der Waals surface area (Å²) in [6.07, 6.45) is 6.82. The summed E-state index contributed by atoms with van der Waals surface area (Å²) in [6.45, 7) is 2.24. The van der Waals surface area contributed by atoms with Crippen molar-refractivity contribution in [1.82, 2.24) is 4.57 Å². The lowest BCUT2D eigenvalue weighted by Gasteiger charge is -2.18. The lowest BCUT2D eigenvalue weighted by atomic mass is 9.86. The smallest absolute Gasteiger partial charge is 0.301 e. The number of benzene rings is 2. The van der Waals surface area contributed by atoms with E-state index in [1.54, 1.807) is 6.21 Å². The molecule has 1 N–H and O–H groups in total. The Hall–Kier alpha value is -4.01. The summed E-state index contributed by atoms with van der Waals surface area (Å²) in [4.78, 5) is 20.9. The summed E-state index contributed by atoms with van der Waals surface area (Å²) < 4.78 is 2.08. The van der Waals surface area contributed by atoms with E-state index in [1.807, 2.05) is 30.3 Å². The second-order valence-corrected chi connectivity index (χ2v) is 7.66. The first-order valence-electron chi connectivity index (χ1n) is 9.94. The Morgan fingerprint density at radius 2 is 1.90 bits per heavy atom. The zero-order valence-corrected chi connectivity index (χ0v) is 16.9. The zero-order chi connectivity index (χ0) is 22.0. The molecule has 0 saturated carbocycles. The van der Waals surface area contributed by atoms with E-state index >= 15 is 0 Å². The molecule has 158 valence electrons. The van der Waals surface area contributed by atoms with Crippen molar-refractivity contribution in [2.24, 2.45) is 11.0 Å². The maximum Gasteiger partial charge on any atom is 0.301 e. The maximum absolute atomic E-state index is 11.3. The number of hydrogen-bond acceptors (Lipinski definition) is 6. The van der Waals surface area contributed by atoms with Crippen molar-refractivity contribution in [3.8, 4) is 5.69 Å². The predicted molar refractivity (Wildman–Crippen MR) is 118 cm³/mol. The van der Waals surface area contributed by atoms with E-state index in [2.05, 4.69) is 28.2 Å². The van der Waals surface area contributed by atoms with Crippen molar-refractivity contribution in [3.63, 3.8) is 0 Å². The van der Waals surface area contributed by atoms with Crippen LogP contribution in [-0.2, 0) is 12.8 Å². The third-order valence-corrected chi connectivity index (χ3v) is 5.49. The van der Waals surface area contributed by atoms with Gasteiger partial charge in [-0.15, -0.1) is 0 Å². The fraction of sp³-hybridized carbons (Fsp3) is 0.227. The zero-order valence-electron chi connectivity index (χ0n) is 16.9.